The average Bonchev–Trinajstić information content (AvgIpc) is 2.90. The molecule has 6 atom stereocenters. The summed E-state index contributed by atoms with van der Waals surface area (Å²) in [5, 5.41) is 0.789. The van der Waals surface area contributed by atoms with E-state index >= 15 is 0 Å². The molecule has 3 fully saturated rings. The molecular formula is C22H29ClO5. The second kappa shape index (κ2) is 6.32. The van der Waals surface area contributed by atoms with Crippen LogP contribution in [0.3, 0.4) is 0 Å². The average molecular weight is 409 g/mol. The summed E-state index contributed by atoms with van der Waals surface area (Å²) in [7, 11) is 0. The molecule has 0 amide bonds. The van der Waals surface area contributed by atoms with E-state index in [-0.39, 0.29) is 34.9 Å². The minimum Gasteiger partial charge on any atom is -0.465 e. The molecule has 3 aliphatic carbocycles. The van der Waals surface area contributed by atoms with Gasteiger partial charge in [-0.3, -0.25) is 14.4 Å². The molecule has 0 N–H and O–H groups in total. The Morgan fingerprint density at radius 3 is 2.46 bits per heavy atom. The molecule has 28 heavy (non-hydrogen) atoms. The summed E-state index contributed by atoms with van der Waals surface area (Å²) < 4.78 is 11.2. The summed E-state index contributed by atoms with van der Waals surface area (Å²) in [5.41, 5.74) is -0.614. The minimum atomic E-state index is -1.04. The first-order chi connectivity index (χ1) is 13.0. The van der Waals surface area contributed by atoms with Crippen molar-refractivity contribution in [2.24, 2.45) is 28.6 Å². The molecule has 0 radical (unpaired) electrons. The highest BCUT2D eigenvalue weighted by Crippen LogP contribution is 2.68. The molecule has 1 heterocycles. The summed E-state index contributed by atoms with van der Waals surface area (Å²) in [6.07, 6.45) is 4.17. The van der Waals surface area contributed by atoms with E-state index in [0.29, 0.717) is 24.9 Å². The van der Waals surface area contributed by atoms with Crippen molar-refractivity contribution in [1.29, 1.82) is 0 Å². The largest absolute Gasteiger partial charge is 0.465 e. The smallest absolute Gasteiger partial charge is 0.310 e. The monoisotopic (exact) mass is 408 g/mol. The number of hydrogen-bond acceptors (Lipinski definition) is 5. The van der Waals surface area contributed by atoms with Gasteiger partial charge in [-0.05, 0) is 62.4 Å². The number of rotatable bonds is 2. The predicted octanol–water partition coefficient (Wildman–Crippen LogP) is 4.17. The predicted molar refractivity (Wildman–Crippen MR) is 103 cm³/mol. The van der Waals surface area contributed by atoms with E-state index in [1.54, 1.807) is 6.92 Å². The molecular weight excluding hydrogens is 380 g/mol. The molecule has 5 nitrogen and oxygen atoms in total. The first kappa shape index (κ1) is 19.9. The van der Waals surface area contributed by atoms with Crippen molar-refractivity contribution < 1.29 is 23.9 Å². The lowest BCUT2D eigenvalue weighted by Gasteiger charge is -2.58. The standard InChI is InChI=1S/C22H29ClO5/c1-12(24)22(28-13(2)25)8-6-16-14-9-18(23)17-10-19(26)27-11-20(17,3)15(14)5-7-21(16,22)4/h14-16H,5-11H2,1-4H3/t14-,15+,16+,20-,21+,22+/m1/s1. The van der Waals surface area contributed by atoms with Crippen molar-refractivity contribution in [3.05, 3.63) is 10.6 Å². The quantitative estimate of drug-likeness (QED) is 0.641. The third-order valence-electron chi connectivity index (χ3n) is 8.55. The van der Waals surface area contributed by atoms with Gasteiger partial charge in [0.1, 0.15) is 6.61 Å². The van der Waals surface area contributed by atoms with Crippen LogP contribution in [0.4, 0.5) is 0 Å². The van der Waals surface area contributed by atoms with Crippen LogP contribution in [0.2, 0.25) is 0 Å². The van der Waals surface area contributed by atoms with Gasteiger partial charge in [-0.15, -0.1) is 0 Å². The molecule has 0 aromatic carbocycles. The highest BCUT2D eigenvalue weighted by molar-refractivity contribution is 6.30. The van der Waals surface area contributed by atoms with Gasteiger partial charge in [-0.25, -0.2) is 0 Å². The Kier molecular flexibility index (Phi) is 4.50. The molecule has 0 aromatic heterocycles. The third kappa shape index (κ3) is 2.47. The SMILES string of the molecule is CC(=O)O[C@]1(C(C)=O)CC[C@H]2[C@@H]3CC(Cl)=C4CC(=O)OC[C@]4(C)[C@H]3CC[C@@]21C. The molecule has 4 rings (SSSR count). The first-order valence-corrected chi connectivity index (χ1v) is 10.7. The van der Waals surface area contributed by atoms with Crippen molar-refractivity contribution in [3.63, 3.8) is 0 Å². The first-order valence-electron chi connectivity index (χ1n) is 10.3. The minimum absolute atomic E-state index is 0.0536. The molecule has 2 saturated carbocycles. The normalized spacial score (nSPS) is 44.9. The summed E-state index contributed by atoms with van der Waals surface area (Å²) in [4.78, 5) is 36.5. The van der Waals surface area contributed by atoms with Gasteiger partial charge in [0.25, 0.3) is 0 Å². The fraction of sp³-hybridized carbons (Fsp3) is 0.773. The number of Topliss-reactive ketones (excluding diaryl/α,β-unsaturated/α-hetero) is 1. The maximum Gasteiger partial charge on any atom is 0.310 e. The second-order valence-electron chi connectivity index (χ2n) is 9.69. The van der Waals surface area contributed by atoms with Crippen molar-refractivity contribution in [2.45, 2.75) is 71.8 Å². The number of ketones is 1. The van der Waals surface area contributed by atoms with Crippen LogP contribution in [-0.4, -0.2) is 29.9 Å². The Hall–Kier alpha value is -1.36. The molecule has 1 aliphatic heterocycles. The van der Waals surface area contributed by atoms with E-state index < -0.39 is 11.6 Å². The number of allylic oxidation sites excluding steroid dienone is 1. The van der Waals surface area contributed by atoms with E-state index in [1.165, 1.54) is 6.92 Å². The van der Waals surface area contributed by atoms with E-state index in [4.69, 9.17) is 21.1 Å². The van der Waals surface area contributed by atoms with Gasteiger partial charge in [0.05, 0.1) is 6.42 Å². The fourth-order valence-corrected chi connectivity index (χ4v) is 7.67. The number of cyclic esters (lactones) is 1. The van der Waals surface area contributed by atoms with Crippen LogP contribution in [0.5, 0.6) is 0 Å². The molecule has 154 valence electrons. The third-order valence-corrected chi connectivity index (χ3v) is 8.93. The molecule has 6 heteroatoms. The van der Waals surface area contributed by atoms with Gasteiger partial charge in [0.2, 0.25) is 0 Å². The van der Waals surface area contributed by atoms with Gasteiger partial charge >= 0.3 is 11.9 Å². The Labute approximate surface area is 171 Å². The number of hydrogen-bond donors (Lipinski definition) is 0. The molecule has 1 saturated heterocycles. The maximum atomic E-state index is 12.7. The van der Waals surface area contributed by atoms with Crippen molar-refractivity contribution in [2.75, 3.05) is 6.61 Å². The number of esters is 2. The molecule has 0 spiro atoms. The Morgan fingerprint density at radius 2 is 1.82 bits per heavy atom. The van der Waals surface area contributed by atoms with Crippen LogP contribution < -0.4 is 0 Å². The van der Waals surface area contributed by atoms with Crippen LogP contribution >= 0.6 is 11.6 Å². The molecule has 0 bridgehead atoms. The van der Waals surface area contributed by atoms with Gasteiger partial charge in [-0.1, -0.05) is 25.4 Å². The van der Waals surface area contributed by atoms with Crippen LogP contribution in [0.1, 0.15) is 66.2 Å². The van der Waals surface area contributed by atoms with Crippen LogP contribution in [-0.2, 0) is 23.9 Å². The van der Waals surface area contributed by atoms with Gasteiger partial charge in [-0.2, -0.15) is 0 Å². The zero-order valence-electron chi connectivity index (χ0n) is 17.1. The lowest BCUT2D eigenvalue weighted by molar-refractivity contribution is -0.188. The molecule has 4 aliphatic rings. The van der Waals surface area contributed by atoms with Crippen LogP contribution in [0.25, 0.3) is 0 Å². The van der Waals surface area contributed by atoms with Crippen LogP contribution in [0.15, 0.2) is 10.6 Å². The zero-order valence-corrected chi connectivity index (χ0v) is 17.9. The number of ether oxygens (including phenoxy) is 2. The van der Waals surface area contributed by atoms with E-state index in [9.17, 15) is 14.4 Å². The van der Waals surface area contributed by atoms with Gasteiger partial charge < -0.3 is 9.47 Å². The highest BCUT2D eigenvalue weighted by atomic mass is 35.5. The Bertz CT molecular complexity index is 788. The second-order valence-corrected chi connectivity index (χ2v) is 10.1. The summed E-state index contributed by atoms with van der Waals surface area (Å²) in [6, 6.07) is 0. The number of carbonyl (C=O) groups excluding carboxylic acids is 3. The fourth-order valence-electron chi connectivity index (χ4n) is 7.21. The van der Waals surface area contributed by atoms with E-state index in [0.717, 1.165) is 36.3 Å². The number of fused-ring (bicyclic) bond motifs is 5. The Morgan fingerprint density at radius 1 is 1.14 bits per heavy atom. The zero-order chi connectivity index (χ0) is 20.5. The van der Waals surface area contributed by atoms with Gasteiger partial charge in [0.15, 0.2) is 11.4 Å². The Balaban J connectivity index is 1.74. The molecule has 0 aromatic rings. The number of halogens is 1. The summed E-state index contributed by atoms with van der Waals surface area (Å²) in [5.74, 6) is 0.261. The summed E-state index contributed by atoms with van der Waals surface area (Å²) in [6.45, 7) is 7.62. The summed E-state index contributed by atoms with van der Waals surface area (Å²) >= 11 is 6.74. The van der Waals surface area contributed by atoms with Crippen molar-refractivity contribution in [3.8, 4) is 0 Å². The van der Waals surface area contributed by atoms with E-state index in [1.807, 2.05) is 0 Å². The number of carbonyl (C=O) groups is 3. The van der Waals surface area contributed by atoms with E-state index in [2.05, 4.69) is 13.8 Å². The topological polar surface area (TPSA) is 69.7 Å². The van der Waals surface area contributed by atoms with Gasteiger partial charge in [0, 0.05) is 22.8 Å². The lowest BCUT2D eigenvalue weighted by atomic mass is 9.48. The van der Waals surface area contributed by atoms with Crippen LogP contribution in [0, 0.1) is 28.6 Å². The van der Waals surface area contributed by atoms with Crippen molar-refractivity contribution in [1.82, 2.24) is 0 Å². The highest BCUT2D eigenvalue weighted by Gasteiger charge is 2.68. The molecule has 0 unspecified atom stereocenters. The van der Waals surface area contributed by atoms with Crippen molar-refractivity contribution >= 4 is 29.3 Å². The maximum absolute atomic E-state index is 12.7. The lowest BCUT2D eigenvalue weighted by Crippen LogP contribution is -2.59.